The number of carbonyl (C=O) groups excluding carboxylic acids is 1. The molecule has 23 heavy (non-hydrogen) atoms. The van der Waals surface area contributed by atoms with Crippen LogP contribution in [-0.2, 0) is 13.7 Å². The number of nitrogens with zero attached hydrogens (tertiary/aromatic N) is 2. The summed E-state index contributed by atoms with van der Waals surface area (Å²) in [4.78, 5) is 12.5. The number of para-hydroxylation sites is 1. The molecule has 1 fully saturated rings. The summed E-state index contributed by atoms with van der Waals surface area (Å²) < 4.78 is 14.5. The van der Waals surface area contributed by atoms with Crippen molar-refractivity contribution in [2.45, 2.75) is 32.9 Å². The predicted molar refractivity (Wildman–Crippen MR) is 88.1 cm³/mol. The van der Waals surface area contributed by atoms with E-state index >= 15 is 0 Å². The standard InChI is InChI=1S/C18H22FN3O/c1-11(2)13-8-14(13)12-6-4-5-7-16(12)20-18(23)15-10-22(3)21-17(15)9-19/h4-7,10-11,13-14H,8-9H2,1-3H3,(H,20,23). The van der Waals surface area contributed by atoms with Gasteiger partial charge in [-0.2, -0.15) is 5.10 Å². The summed E-state index contributed by atoms with van der Waals surface area (Å²) in [5, 5.41) is 6.91. The fourth-order valence-corrected chi connectivity index (χ4v) is 3.26. The molecule has 1 aliphatic carbocycles. The third kappa shape index (κ3) is 3.14. The first-order chi connectivity index (χ1) is 11.0. The highest BCUT2D eigenvalue weighted by Crippen LogP contribution is 2.53. The van der Waals surface area contributed by atoms with Gasteiger partial charge in [-0.15, -0.1) is 0 Å². The molecular formula is C18H22FN3O. The minimum absolute atomic E-state index is 0.175. The molecule has 4 nitrogen and oxygen atoms in total. The zero-order valence-corrected chi connectivity index (χ0v) is 13.7. The number of halogens is 1. The lowest BCUT2D eigenvalue weighted by Crippen LogP contribution is -2.14. The van der Waals surface area contributed by atoms with Gasteiger partial charge >= 0.3 is 0 Å². The second-order valence-corrected chi connectivity index (χ2v) is 6.59. The maximum Gasteiger partial charge on any atom is 0.259 e. The second kappa shape index (κ2) is 6.14. The van der Waals surface area contributed by atoms with Gasteiger partial charge in [0, 0.05) is 18.9 Å². The van der Waals surface area contributed by atoms with Crippen molar-refractivity contribution in [1.29, 1.82) is 0 Å². The van der Waals surface area contributed by atoms with Crippen LogP contribution in [0.25, 0.3) is 0 Å². The van der Waals surface area contributed by atoms with Crippen LogP contribution in [-0.4, -0.2) is 15.7 Å². The third-order valence-corrected chi connectivity index (χ3v) is 4.58. The molecule has 1 N–H and O–H groups in total. The summed E-state index contributed by atoms with van der Waals surface area (Å²) in [5.74, 6) is 1.51. The van der Waals surface area contributed by atoms with Crippen molar-refractivity contribution < 1.29 is 9.18 Å². The smallest absolute Gasteiger partial charge is 0.259 e. The van der Waals surface area contributed by atoms with Gasteiger partial charge in [-0.25, -0.2) is 4.39 Å². The normalized spacial score (nSPS) is 19.9. The van der Waals surface area contributed by atoms with Gasteiger partial charge in [-0.05, 0) is 35.8 Å². The van der Waals surface area contributed by atoms with Crippen LogP contribution in [0.2, 0.25) is 0 Å². The van der Waals surface area contributed by atoms with Gasteiger partial charge in [-0.1, -0.05) is 32.0 Å². The Bertz CT molecular complexity index is 723. The van der Waals surface area contributed by atoms with Crippen LogP contribution in [0.3, 0.4) is 0 Å². The van der Waals surface area contributed by atoms with Gasteiger partial charge in [0.05, 0.1) is 5.56 Å². The molecule has 0 bridgehead atoms. The molecule has 1 heterocycles. The van der Waals surface area contributed by atoms with Crippen molar-refractivity contribution in [1.82, 2.24) is 9.78 Å². The number of alkyl halides is 1. The number of anilines is 1. The molecule has 0 spiro atoms. The Morgan fingerprint density at radius 2 is 2.17 bits per heavy atom. The number of amides is 1. The van der Waals surface area contributed by atoms with E-state index in [1.54, 1.807) is 13.2 Å². The molecule has 5 heteroatoms. The maximum atomic E-state index is 13.0. The van der Waals surface area contributed by atoms with E-state index in [0.717, 1.165) is 12.1 Å². The van der Waals surface area contributed by atoms with Gasteiger partial charge in [0.2, 0.25) is 0 Å². The molecule has 2 aromatic rings. The topological polar surface area (TPSA) is 46.9 Å². The molecule has 2 unspecified atom stereocenters. The minimum atomic E-state index is -0.747. The Balaban J connectivity index is 1.82. The first-order valence-corrected chi connectivity index (χ1v) is 8.00. The zero-order valence-electron chi connectivity index (χ0n) is 13.7. The molecule has 2 atom stereocenters. The monoisotopic (exact) mass is 315 g/mol. The van der Waals surface area contributed by atoms with Gasteiger partial charge in [-0.3, -0.25) is 9.48 Å². The molecule has 0 radical (unpaired) electrons. The maximum absolute atomic E-state index is 13.0. The molecular weight excluding hydrogens is 293 g/mol. The van der Waals surface area contributed by atoms with Crippen LogP contribution in [0.4, 0.5) is 10.1 Å². The van der Waals surface area contributed by atoms with E-state index in [1.807, 2.05) is 18.2 Å². The Hall–Kier alpha value is -2.17. The summed E-state index contributed by atoms with van der Waals surface area (Å²) in [6, 6.07) is 7.89. The van der Waals surface area contributed by atoms with Gasteiger partial charge in [0.1, 0.15) is 12.4 Å². The Kier molecular flexibility index (Phi) is 4.20. The van der Waals surface area contributed by atoms with Crippen molar-refractivity contribution >= 4 is 11.6 Å². The highest BCUT2D eigenvalue weighted by atomic mass is 19.1. The van der Waals surface area contributed by atoms with E-state index in [4.69, 9.17) is 0 Å². The lowest BCUT2D eigenvalue weighted by atomic mass is 10.0. The average Bonchev–Trinajstić information content (AvgIpc) is 3.23. The van der Waals surface area contributed by atoms with Crippen LogP contribution in [0.15, 0.2) is 30.5 Å². The van der Waals surface area contributed by atoms with Crippen LogP contribution >= 0.6 is 0 Å². The number of aryl methyl sites for hydroxylation is 1. The first-order valence-electron chi connectivity index (χ1n) is 8.00. The number of benzene rings is 1. The van der Waals surface area contributed by atoms with Crippen LogP contribution in [0, 0.1) is 11.8 Å². The first kappa shape index (κ1) is 15.7. The Labute approximate surface area is 135 Å². The van der Waals surface area contributed by atoms with E-state index in [9.17, 15) is 9.18 Å². The average molecular weight is 315 g/mol. The van der Waals surface area contributed by atoms with Crippen LogP contribution < -0.4 is 5.32 Å². The van der Waals surface area contributed by atoms with Crippen molar-refractivity contribution in [2.24, 2.45) is 18.9 Å². The van der Waals surface area contributed by atoms with E-state index in [0.29, 0.717) is 23.3 Å². The predicted octanol–water partition coefficient (Wildman–Crippen LogP) is 3.90. The lowest BCUT2D eigenvalue weighted by Gasteiger charge is -2.11. The van der Waals surface area contributed by atoms with E-state index in [1.165, 1.54) is 10.2 Å². The SMILES string of the molecule is CC(C)C1CC1c1ccccc1NC(=O)c1cn(C)nc1CF. The summed E-state index contributed by atoms with van der Waals surface area (Å²) in [6.45, 7) is 3.72. The van der Waals surface area contributed by atoms with Crippen LogP contribution in [0.1, 0.15) is 47.8 Å². The second-order valence-electron chi connectivity index (χ2n) is 6.59. The molecule has 1 aliphatic rings. The van der Waals surface area contributed by atoms with E-state index in [-0.39, 0.29) is 11.6 Å². The third-order valence-electron chi connectivity index (χ3n) is 4.58. The lowest BCUT2D eigenvalue weighted by molar-refractivity contribution is 0.102. The van der Waals surface area contributed by atoms with Crippen LogP contribution in [0.5, 0.6) is 0 Å². The van der Waals surface area contributed by atoms with Crippen molar-refractivity contribution in [3.63, 3.8) is 0 Å². The Morgan fingerprint density at radius 3 is 2.83 bits per heavy atom. The molecule has 3 rings (SSSR count). The number of rotatable bonds is 5. The van der Waals surface area contributed by atoms with Gasteiger partial charge < -0.3 is 5.32 Å². The zero-order chi connectivity index (χ0) is 16.6. The molecule has 1 amide bonds. The van der Waals surface area contributed by atoms with Gasteiger partial charge in [0.25, 0.3) is 5.91 Å². The number of nitrogens with one attached hydrogen (secondary N) is 1. The molecule has 1 aromatic heterocycles. The molecule has 0 aliphatic heterocycles. The summed E-state index contributed by atoms with van der Waals surface area (Å²) in [7, 11) is 1.68. The summed E-state index contributed by atoms with van der Waals surface area (Å²) >= 11 is 0. The number of hydrogen-bond acceptors (Lipinski definition) is 2. The van der Waals surface area contributed by atoms with Crippen molar-refractivity contribution in [2.75, 3.05) is 5.32 Å². The fraction of sp³-hybridized carbons (Fsp3) is 0.444. The van der Waals surface area contributed by atoms with Gasteiger partial charge in [0.15, 0.2) is 0 Å². The largest absolute Gasteiger partial charge is 0.322 e. The molecule has 1 aromatic carbocycles. The number of carbonyl (C=O) groups is 1. The molecule has 122 valence electrons. The minimum Gasteiger partial charge on any atom is -0.322 e. The highest BCUT2D eigenvalue weighted by Gasteiger charge is 2.41. The molecule has 0 saturated heterocycles. The highest BCUT2D eigenvalue weighted by molar-refractivity contribution is 6.05. The summed E-state index contributed by atoms with van der Waals surface area (Å²) in [5.41, 5.74) is 2.46. The number of aromatic nitrogens is 2. The fourth-order valence-electron chi connectivity index (χ4n) is 3.26. The summed E-state index contributed by atoms with van der Waals surface area (Å²) in [6.07, 6.45) is 2.72. The van der Waals surface area contributed by atoms with E-state index in [2.05, 4.69) is 30.3 Å². The van der Waals surface area contributed by atoms with Crippen molar-refractivity contribution in [3.8, 4) is 0 Å². The Morgan fingerprint density at radius 1 is 1.43 bits per heavy atom. The quantitative estimate of drug-likeness (QED) is 0.909. The van der Waals surface area contributed by atoms with E-state index < -0.39 is 6.67 Å². The van der Waals surface area contributed by atoms with Crippen molar-refractivity contribution in [3.05, 3.63) is 47.3 Å². The molecule has 1 saturated carbocycles. The number of hydrogen-bond donors (Lipinski definition) is 1.